The van der Waals surface area contributed by atoms with Gasteiger partial charge in [-0.2, -0.15) is 0 Å². The van der Waals surface area contributed by atoms with Crippen LogP contribution in [0.3, 0.4) is 0 Å². The van der Waals surface area contributed by atoms with Crippen molar-refractivity contribution in [1.29, 1.82) is 0 Å². The Labute approximate surface area is 213 Å². The molecule has 0 amide bonds. The summed E-state index contributed by atoms with van der Waals surface area (Å²) in [5.74, 6) is -0.706. The molecule has 1 rings (SSSR count). The summed E-state index contributed by atoms with van der Waals surface area (Å²) in [7, 11) is 0. The molecular formula is C30H48O5. The number of allylic oxidation sites excluding steroid dienone is 2. The summed E-state index contributed by atoms with van der Waals surface area (Å²) in [6.45, 7) is 1.79. The molecule has 5 nitrogen and oxygen atoms in total. The van der Waals surface area contributed by atoms with E-state index in [1.54, 1.807) is 0 Å². The van der Waals surface area contributed by atoms with E-state index < -0.39 is 12.1 Å². The number of carbonyl (C=O) groups is 2. The van der Waals surface area contributed by atoms with Crippen LogP contribution in [0.4, 0.5) is 0 Å². The van der Waals surface area contributed by atoms with Gasteiger partial charge in [0.25, 0.3) is 0 Å². The van der Waals surface area contributed by atoms with Gasteiger partial charge in [-0.3, -0.25) is 9.59 Å². The minimum atomic E-state index is -0.809. The quantitative estimate of drug-likeness (QED) is 0.107. The van der Waals surface area contributed by atoms with Crippen molar-refractivity contribution in [2.24, 2.45) is 0 Å². The minimum Gasteiger partial charge on any atom is -0.462 e. The second kappa shape index (κ2) is 22.3. The molecule has 1 unspecified atom stereocenters. The molecule has 1 N–H and O–H groups in total. The lowest BCUT2D eigenvalue weighted by molar-refractivity contribution is -0.161. The Morgan fingerprint density at radius 1 is 0.800 bits per heavy atom. The summed E-state index contributed by atoms with van der Waals surface area (Å²) in [6, 6.07) is 9.68. The van der Waals surface area contributed by atoms with E-state index in [-0.39, 0.29) is 25.6 Å². The lowest BCUT2D eigenvalue weighted by atomic mass is 10.1. The Morgan fingerprint density at radius 2 is 1.40 bits per heavy atom. The van der Waals surface area contributed by atoms with E-state index >= 15 is 0 Å². The van der Waals surface area contributed by atoms with Gasteiger partial charge in [-0.05, 0) is 44.1 Å². The molecule has 0 radical (unpaired) electrons. The summed E-state index contributed by atoms with van der Waals surface area (Å²) >= 11 is 0. The van der Waals surface area contributed by atoms with E-state index in [0.717, 1.165) is 31.2 Å². The van der Waals surface area contributed by atoms with Gasteiger partial charge in [0.05, 0.1) is 6.61 Å². The standard InChI is InChI=1S/C30H48O5/c1-2-3-4-5-6-7-8-9-10-11-12-13-14-15-19-22-29(32)34-26-28(25-31)35-30(33)24-23-27-20-17-16-18-21-27/h9-10,16-18,20-21,28,31H,2-8,11-15,19,22-26H2,1H3/b10-9-. The summed E-state index contributed by atoms with van der Waals surface area (Å²) in [6.07, 6.45) is 20.8. The predicted molar refractivity (Wildman–Crippen MR) is 142 cm³/mol. The molecule has 1 aromatic rings. The fourth-order valence-electron chi connectivity index (χ4n) is 3.86. The van der Waals surface area contributed by atoms with E-state index in [2.05, 4.69) is 19.1 Å². The number of hydrogen-bond donors (Lipinski definition) is 1. The first-order valence-corrected chi connectivity index (χ1v) is 13.8. The third-order valence-electron chi connectivity index (χ3n) is 6.04. The van der Waals surface area contributed by atoms with Gasteiger partial charge >= 0.3 is 11.9 Å². The fraction of sp³-hybridized carbons (Fsp3) is 0.667. The maximum Gasteiger partial charge on any atom is 0.306 e. The van der Waals surface area contributed by atoms with Crippen molar-refractivity contribution in [2.75, 3.05) is 13.2 Å². The van der Waals surface area contributed by atoms with Crippen LogP contribution in [0, 0.1) is 0 Å². The van der Waals surface area contributed by atoms with Crippen molar-refractivity contribution in [3.63, 3.8) is 0 Å². The first-order valence-electron chi connectivity index (χ1n) is 13.8. The van der Waals surface area contributed by atoms with E-state index in [1.807, 2.05) is 30.3 Å². The Bertz CT molecular complexity index is 671. The van der Waals surface area contributed by atoms with Crippen LogP contribution in [-0.2, 0) is 25.5 Å². The molecule has 0 fully saturated rings. The van der Waals surface area contributed by atoms with Crippen LogP contribution in [0.25, 0.3) is 0 Å². The number of esters is 2. The van der Waals surface area contributed by atoms with Gasteiger partial charge in [0.2, 0.25) is 0 Å². The first-order chi connectivity index (χ1) is 17.2. The van der Waals surface area contributed by atoms with Crippen LogP contribution >= 0.6 is 0 Å². The molecule has 0 aliphatic carbocycles. The van der Waals surface area contributed by atoms with E-state index in [9.17, 15) is 14.7 Å². The van der Waals surface area contributed by atoms with E-state index in [0.29, 0.717) is 12.8 Å². The van der Waals surface area contributed by atoms with Crippen LogP contribution in [0.15, 0.2) is 42.5 Å². The number of unbranched alkanes of at least 4 members (excludes halogenated alkanes) is 11. The number of aryl methyl sites for hydroxylation is 1. The molecule has 198 valence electrons. The maximum atomic E-state index is 12.0. The van der Waals surface area contributed by atoms with Crippen molar-refractivity contribution in [3.8, 4) is 0 Å². The molecule has 1 aromatic carbocycles. The zero-order valence-corrected chi connectivity index (χ0v) is 21.9. The SMILES string of the molecule is CCCCCCCC/C=C\CCCCCCCC(=O)OCC(CO)OC(=O)CCc1ccccc1. The van der Waals surface area contributed by atoms with Gasteiger partial charge in [-0.25, -0.2) is 0 Å². The fourth-order valence-corrected chi connectivity index (χ4v) is 3.86. The topological polar surface area (TPSA) is 72.8 Å². The van der Waals surface area contributed by atoms with Crippen LogP contribution in [-0.4, -0.2) is 36.4 Å². The molecule has 0 heterocycles. The molecule has 0 bridgehead atoms. The predicted octanol–water partition coefficient (Wildman–Crippen LogP) is 7.10. The van der Waals surface area contributed by atoms with Crippen LogP contribution in [0.2, 0.25) is 0 Å². The van der Waals surface area contributed by atoms with E-state index in [4.69, 9.17) is 9.47 Å². The summed E-state index contributed by atoms with van der Waals surface area (Å²) in [4.78, 5) is 23.9. The number of ether oxygens (including phenoxy) is 2. The summed E-state index contributed by atoms with van der Waals surface area (Å²) in [5.41, 5.74) is 1.05. The number of benzene rings is 1. The lowest BCUT2D eigenvalue weighted by Crippen LogP contribution is -2.28. The molecule has 0 saturated heterocycles. The Hall–Kier alpha value is -2.14. The summed E-state index contributed by atoms with van der Waals surface area (Å²) in [5, 5.41) is 9.42. The maximum absolute atomic E-state index is 12.0. The highest BCUT2D eigenvalue weighted by molar-refractivity contribution is 5.70. The average molecular weight is 489 g/mol. The molecule has 5 heteroatoms. The van der Waals surface area contributed by atoms with Crippen LogP contribution in [0.5, 0.6) is 0 Å². The van der Waals surface area contributed by atoms with Gasteiger partial charge in [-0.1, -0.05) is 101 Å². The molecular weight excluding hydrogens is 440 g/mol. The van der Waals surface area contributed by atoms with Crippen molar-refractivity contribution in [3.05, 3.63) is 48.0 Å². The molecule has 0 saturated carbocycles. The smallest absolute Gasteiger partial charge is 0.306 e. The largest absolute Gasteiger partial charge is 0.462 e. The highest BCUT2D eigenvalue weighted by Crippen LogP contribution is 2.11. The Balaban J connectivity index is 1.96. The highest BCUT2D eigenvalue weighted by Gasteiger charge is 2.16. The second-order valence-electron chi connectivity index (χ2n) is 9.30. The summed E-state index contributed by atoms with van der Waals surface area (Å²) < 4.78 is 10.4. The van der Waals surface area contributed by atoms with E-state index in [1.165, 1.54) is 57.8 Å². The number of rotatable bonds is 22. The van der Waals surface area contributed by atoms with Gasteiger partial charge in [0.1, 0.15) is 6.61 Å². The molecule has 0 aliphatic heterocycles. The minimum absolute atomic E-state index is 0.0997. The zero-order valence-electron chi connectivity index (χ0n) is 21.9. The van der Waals surface area contributed by atoms with Gasteiger partial charge in [0.15, 0.2) is 6.10 Å². The van der Waals surface area contributed by atoms with Crippen molar-refractivity contribution in [1.82, 2.24) is 0 Å². The van der Waals surface area contributed by atoms with Gasteiger partial charge in [-0.15, -0.1) is 0 Å². The highest BCUT2D eigenvalue weighted by atomic mass is 16.6. The van der Waals surface area contributed by atoms with Gasteiger partial charge in [0, 0.05) is 12.8 Å². The van der Waals surface area contributed by atoms with Crippen molar-refractivity contribution in [2.45, 2.75) is 116 Å². The Kier molecular flexibility index (Phi) is 19.7. The number of hydrogen-bond acceptors (Lipinski definition) is 5. The second-order valence-corrected chi connectivity index (χ2v) is 9.30. The number of carbonyl (C=O) groups excluding carboxylic acids is 2. The van der Waals surface area contributed by atoms with Gasteiger partial charge < -0.3 is 14.6 Å². The molecule has 0 spiro atoms. The number of aliphatic hydroxyl groups excluding tert-OH is 1. The van der Waals surface area contributed by atoms with Crippen molar-refractivity contribution < 1.29 is 24.2 Å². The molecule has 0 aliphatic rings. The van der Waals surface area contributed by atoms with Crippen LogP contribution < -0.4 is 0 Å². The zero-order chi connectivity index (χ0) is 25.4. The molecule has 1 atom stereocenters. The van der Waals surface area contributed by atoms with Crippen molar-refractivity contribution >= 4 is 11.9 Å². The molecule has 35 heavy (non-hydrogen) atoms. The molecule has 0 aromatic heterocycles. The monoisotopic (exact) mass is 488 g/mol. The average Bonchev–Trinajstić information content (AvgIpc) is 2.88. The third-order valence-corrected chi connectivity index (χ3v) is 6.04. The first kappa shape index (κ1) is 30.9. The Morgan fingerprint density at radius 3 is 2.03 bits per heavy atom. The number of aliphatic hydroxyl groups is 1. The van der Waals surface area contributed by atoms with Crippen LogP contribution in [0.1, 0.15) is 109 Å². The lowest BCUT2D eigenvalue weighted by Gasteiger charge is -2.15. The third kappa shape index (κ3) is 18.8. The normalized spacial score (nSPS) is 12.1.